The molecule has 1 unspecified atom stereocenters. The molecule has 0 aromatic rings. The Morgan fingerprint density at radius 3 is 2.75 bits per heavy atom. The first kappa shape index (κ1) is 13.0. The summed E-state index contributed by atoms with van der Waals surface area (Å²) >= 11 is 0. The van der Waals surface area contributed by atoms with Crippen LogP contribution in [0.3, 0.4) is 0 Å². The zero-order chi connectivity index (χ0) is 12.0. The molecule has 0 aromatic carbocycles. The third-order valence-corrected chi connectivity index (χ3v) is 2.97. The summed E-state index contributed by atoms with van der Waals surface area (Å²) in [6.45, 7) is 2.87. The van der Waals surface area contributed by atoms with Crippen molar-refractivity contribution < 1.29 is 14.7 Å². The summed E-state index contributed by atoms with van der Waals surface area (Å²) in [7, 11) is 0. The number of hydrogen-bond donors (Lipinski definition) is 2. The van der Waals surface area contributed by atoms with Crippen LogP contribution in [-0.2, 0) is 9.59 Å². The monoisotopic (exact) mass is 228 g/mol. The lowest BCUT2D eigenvalue weighted by molar-refractivity contribution is -0.136. The summed E-state index contributed by atoms with van der Waals surface area (Å²) in [5.74, 6) is -0.911. The normalized spacial score (nSPS) is 20.8. The van der Waals surface area contributed by atoms with Gasteiger partial charge in [0.15, 0.2) is 0 Å². The first-order chi connectivity index (χ1) is 7.65. The number of piperidine rings is 1. The summed E-state index contributed by atoms with van der Waals surface area (Å²) in [6, 6.07) is 0.341. The molecule has 0 radical (unpaired) electrons. The average molecular weight is 228 g/mol. The second-order valence-corrected chi connectivity index (χ2v) is 4.14. The van der Waals surface area contributed by atoms with Gasteiger partial charge in [0, 0.05) is 12.6 Å². The van der Waals surface area contributed by atoms with Gasteiger partial charge in [-0.3, -0.25) is 14.9 Å². The molecule has 0 saturated carbocycles. The van der Waals surface area contributed by atoms with Crippen LogP contribution in [0.1, 0.15) is 32.6 Å². The molecule has 1 saturated heterocycles. The van der Waals surface area contributed by atoms with Gasteiger partial charge < -0.3 is 10.0 Å². The Labute approximate surface area is 95.8 Å². The maximum atomic E-state index is 11.8. The molecule has 0 spiro atoms. The fourth-order valence-electron chi connectivity index (χ4n) is 2.13. The molecule has 1 atom stereocenters. The molecule has 2 N–H and O–H groups in total. The van der Waals surface area contributed by atoms with Crippen LogP contribution in [0.5, 0.6) is 0 Å². The van der Waals surface area contributed by atoms with E-state index in [1.165, 1.54) is 6.42 Å². The Bertz CT molecular complexity index is 256. The molecule has 5 nitrogen and oxygen atoms in total. The maximum Gasteiger partial charge on any atom is 0.317 e. The second kappa shape index (κ2) is 6.48. The van der Waals surface area contributed by atoms with E-state index in [4.69, 9.17) is 5.11 Å². The average Bonchev–Trinajstić information content (AvgIpc) is 2.28. The lowest BCUT2D eigenvalue weighted by Crippen LogP contribution is -2.47. The lowest BCUT2D eigenvalue weighted by atomic mass is 10.00. The van der Waals surface area contributed by atoms with E-state index in [1.807, 2.05) is 4.90 Å². The zero-order valence-electron chi connectivity index (χ0n) is 9.74. The Morgan fingerprint density at radius 1 is 1.38 bits per heavy atom. The number of nitrogens with one attached hydrogen (secondary N) is 1. The van der Waals surface area contributed by atoms with Crippen molar-refractivity contribution in [2.75, 3.05) is 19.6 Å². The predicted octanol–water partition coefficient (Wildman–Crippen LogP) is 0.452. The number of rotatable bonds is 5. The highest BCUT2D eigenvalue weighted by atomic mass is 16.4. The lowest BCUT2D eigenvalue weighted by Gasteiger charge is -2.35. The predicted molar refractivity (Wildman–Crippen MR) is 60.1 cm³/mol. The van der Waals surface area contributed by atoms with E-state index >= 15 is 0 Å². The molecule has 0 aromatic heterocycles. The largest absolute Gasteiger partial charge is 0.480 e. The van der Waals surface area contributed by atoms with Crippen LogP contribution in [0.15, 0.2) is 0 Å². The van der Waals surface area contributed by atoms with Crippen molar-refractivity contribution >= 4 is 11.9 Å². The van der Waals surface area contributed by atoms with Gasteiger partial charge in [0.2, 0.25) is 5.91 Å². The minimum absolute atomic E-state index is 0.0211. The quantitative estimate of drug-likeness (QED) is 0.717. The first-order valence-corrected chi connectivity index (χ1v) is 5.87. The highest BCUT2D eigenvalue weighted by molar-refractivity contribution is 5.79. The van der Waals surface area contributed by atoms with Crippen LogP contribution >= 0.6 is 0 Å². The summed E-state index contributed by atoms with van der Waals surface area (Å²) < 4.78 is 0. The Kier molecular flexibility index (Phi) is 5.25. The van der Waals surface area contributed by atoms with Crippen LogP contribution in [0.2, 0.25) is 0 Å². The van der Waals surface area contributed by atoms with Crippen molar-refractivity contribution in [2.24, 2.45) is 0 Å². The molecule has 0 bridgehead atoms. The van der Waals surface area contributed by atoms with Gasteiger partial charge >= 0.3 is 5.97 Å². The summed E-state index contributed by atoms with van der Waals surface area (Å²) in [4.78, 5) is 24.0. The van der Waals surface area contributed by atoms with Gasteiger partial charge in [0.05, 0.1) is 13.1 Å². The van der Waals surface area contributed by atoms with E-state index in [-0.39, 0.29) is 19.0 Å². The third kappa shape index (κ3) is 3.81. The van der Waals surface area contributed by atoms with Gasteiger partial charge in [-0.05, 0) is 25.7 Å². The summed E-state index contributed by atoms with van der Waals surface area (Å²) in [6.07, 6.45) is 4.29. The first-order valence-electron chi connectivity index (χ1n) is 5.87. The molecular weight excluding hydrogens is 208 g/mol. The highest BCUT2D eigenvalue weighted by Gasteiger charge is 2.24. The number of hydrogen-bond acceptors (Lipinski definition) is 3. The Hall–Kier alpha value is -1.10. The van der Waals surface area contributed by atoms with E-state index < -0.39 is 5.97 Å². The SMILES string of the molecule is CCC1CCCCN1C(=O)CNCC(=O)O. The zero-order valence-corrected chi connectivity index (χ0v) is 9.74. The smallest absolute Gasteiger partial charge is 0.317 e. The van der Waals surface area contributed by atoms with E-state index in [0.29, 0.717) is 6.04 Å². The Morgan fingerprint density at radius 2 is 2.12 bits per heavy atom. The molecule has 0 aliphatic carbocycles. The molecule has 5 heteroatoms. The van der Waals surface area contributed by atoms with Gasteiger partial charge in [0.1, 0.15) is 0 Å². The number of carboxylic acid groups (broad SMARTS) is 1. The van der Waals surface area contributed by atoms with Crippen LogP contribution in [0.4, 0.5) is 0 Å². The standard InChI is InChI=1S/C11H20N2O3/c1-2-9-5-3-4-6-13(9)10(14)7-12-8-11(15)16/h9,12H,2-8H2,1H3,(H,15,16). The fraction of sp³-hybridized carbons (Fsp3) is 0.818. The fourth-order valence-corrected chi connectivity index (χ4v) is 2.13. The van der Waals surface area contributed by atoms with Crippen LogP contribution in [0.25, 0.3) is 0 Å². The second-order valence-electron chi connectivity index (χ2n) is 4.14. The summed E-state index contributed by atoms with van der Waals surface area (Å²) in [5.41, 5.74) is 0. The van der Waals surface area contributed by atoms with E-state index in [2.05, 4.69) is 12.2 Å². The third-order valence-electron chi connectivity index (χ3n) is 2.97. The molecule has 1 rings (SSSR count). The van der Waals surface area contributed by atoms with E-state index in [0.717, 1.165) is 25.8 Å². The molecule has 1 heterocycles. The van der Waals surface area contributed by atoms with Crippen LogP contribution in [-0.4, -0.2) is 47.6 Å². The summed E-state index contributed by atoms with van der Waals surface area (Å²) in [5, 5.41) is 11.1. The van der Waals surface area contributed by atoms with Crippen molar-refractivity contribution in [2.45, 2.75) is 38.6 Å². The van der Waals surface area contributed by atoms with Gasteiger partial charge in [-0.2, -0.15) is 0 Å². The molecule has 92 valence electrons. The van der Waals surface area contributed by atoms with Crippen molar-refractivity contribution in [3.63, 3.8) is 0 Å². The number of amides is 1. The Balaban J connectivity index is 2.35. The maximum absolute atomic E-state index is 11.8. The molecule has 1 amide bonds. The van der Waals surface area contributed by atoms with E-state index in [1.54, 1.807) is 0 Å². The number of carbonyl (C=O) groups excluding carboxylic acids is 1. The van der Waals surface area contributed by atoms with Gasteiger partial charge in [-0.15, -0.1) is 0 Å². The number of likely N-dealkylation sites (tertiary alicyclic amines) is 1. The van der Waals surface area contributed by atoms with Crippen LogP contribution in [0, 0.1) is 0 Å². The number of nitrogens with zero attached hydrogens (tertiary/aromatic N) is 1. The van der Waals surface area contributed by atoms with Gasteiger partial charge in [-0.1, -0.05) is 6.92 Å². The number of carboxylic acids is 1. The molecule has 1 aliphatic rings. The van der Waals surface area contributed by atoms with Gasteiger partial charge in [-0.25, -0.2) is 0 Å². The van der Waals surface area contributed by atoms with Crippen molar-refractivity contribution in [1.29, 1.82) is 0 Å². The highest BCUT2D eigenvalue weighted by Crippen LogP contribution is 2.19. The molecular formula is C11H20N2O3. The van der Waals surface area contributed by atoms with Crippen LogP contribution < -0.4 is 5.32 Å². The molecule has 1 fully saturated rings. The molecule has 1 aliphatic heterocycles. The minimum atomic E-state index is -0.932. The minimum Gasteiger partial charge on any atom is -0.480 e. The topological polar surface area (TPSA) is 69.6 Å². The van der Waals surface area contributed by atoms with Crippen molar-refractivity contribution in [1.82, 2.24) is 10.2 Å². The number of carbonyl (C=O) groups is 2. The number of aliphatic carboxylic acids is 1. The molecule has 16 heavy (non-hydrogen) atoms. The van der Waals surface area contributed by atoms with Crippen molar-refractivity contribution in [3.05, 3.63) is 0 Å². The van der Waals surface area contributed by atoms with Crippen molar-refractivity contribution in [3.8, 4) is 0 Å². The van der Waals surface area contributed by atoms with Gasteiger partial charge in [0.25, 0.3) is 0 Å². The van der Waals surface area contributed by atoms with E-state index in [9.17, 15) is 9.59 Å².